The van der Waals surface area contributed by atoms with Crippen LogP contribution in [0.4, 0.5) is 15.5 Å². The molecule has 8 nitrogen and oxygen atoms in total. The van der Waals surface area contributed by atoms with Gasteiger partial charge in [-0.3, -0.25) is 9.62 Å². The zero-order valence-corrected chi connectivity index (χ0v) is 19.7. The van der Waals surface area contributed by atoms with Crippen LogP contribution in [0.25, 0.3) is 0 Å². The van der Waals surface area contributed by atoms with E-state index in [-0.39, 0.29) is 11.5 Å². The lowest BCUT2D eigenvalue weighted by atomic mass is 9.95. The lowest BCUT2D eigenvalue weighted by molar-refractivity contribution is 0.0526. The molecule has 4 rings (SSSR count). The van der Waals surface area contributed by atoms with Crippen LogP contribution in [0, 0.1) is 0 Å². The first kappa shape index (κ1) is 22.6. The number of carbonyl (C=O) groups excluding carboxylic acids is 2. The van der Waals surface area contributed by atoms with Gasteiger partial charge in [-0.15, -0.1) is 11.3 Å². The van der Waals surface area contributed by atoms with Crippen LogP contribution in [0.3, 0.4) is 0 Å². The Balaban J connectivity index is 1.68. The van der Waals surface area contributed by atoms with E-state index in [1.807, 2.05) is 0 Å². The third-order valence-corrected chi connectivity index (χ3v) is 8.44. The van der Waals surface area contributed by atoms with Crippen molar-refractivity contribution in [3.05, 3.63) is 39.8 Å². The summed E-state index contributed by atoms with van der Waals surface area (Å²) < 4.78 is 39.2. The zero-order valence-electron chi connectivity index (χ0n) is 18.1. The number of thiophene rings is 1. The van der Waals surface area contributed by atoms with Crippen LogP contribution < -0.4 is 9.62 Å². The number of nitrogens with one attached hydrogen (secondary N) is 1. The van der Waals surface area contributed by atoms with Crippen molar-refractivity contribution < 1.29 is 27.5 Å². The quantitative estimate of drug-likeness (QED) is 0.649. The van der Waals surface area contributed by atoms with Gasteiger partial charge in [0.25, 0.3) is 10.0 Å². The number of sulfonamides is 1. The molecule has 0 spiro atoms. The van der Waals surface area contributed by atoms with Crippen molar-refractivity contribution >= 4 is 44.1 Å². The molecule has 32 heavy (non-hydrogen) atoms. The van der Waals surface area contributed by atoms with E-state index in [1.165, 1.54) is 29.4 Å². The molecule has 1 aliphatic carbocycles. The minimum absolute atomic E-state index is 0.0872. The van der Waals surface area contributed by atoms with Gasteiger partial charge in [-0.25, -0.2) is 18.0 Å². The second-order valence-electron chi connectivity index (χ2n) is 7.76. The largest absolute Gasteiger partial charge is 0.462 e. The first-order valence-corrected chi connectivity index (χ1v) is 13.0. The van der Waals surface area contributed by atoms with E-state index in [0.29, 0.717) is 35.6 Å². The Hall–Kier alpha value is -2.59. The Kier molecular flexibility index (Phi) is 6.43. The van der Waals surface area contributed by atoms with Gasteiger partial charge in [0.05, 0.1) is 29.9 Å². The molecule has 1 aromatic heterocycles. The molecule has 0 radical (unpaired) electrons. The molecule has 1 aromatic carbocycles. The summed E-state index contributed by atoms with van der Waals surface area (Å²) in [6.07, 6.45) is 4.45. The molecule has 172 valence electrons. The molecule has 0 unspecified atom stereocenters. The van der Waals surface area contributed by atoms with Crippen molar-refractivity contribution in [3.8, 4) is 0 Å². The van der Waals surface area contributed by atoms with E-state index in [2.05, 4.69) is 4.72 Å². The number of hydrogen-bond acceptors (Lipinski definition) is 7. The van der Waals surface area contributed by atoms with Crippen LogP contribution in [-0.4, -0.2) is 40.7 Å². The molecule has 2 heterocycles. The molecule has 2 aromatic rings. The Morgan fingerprint density at radius 2 is 1.94 bits per heavy atom. The number of esters is 1. The number of anilines is 2. The number of amides is 1. The second kappa shape index (κ2) is 9.11. The predicted molar refractivity (Wildman–Crippen MR) is 122 cm³/mol. The fourth-order valence-electron chi connectivity index (χ4n) is 4.28. The minimum atomic E-state index is -3.94. The molecule has 1 aliphatic heterocycles. The number of benzene rings is 1. The second-order valence-corrected chi connectivity index (χ2v) is 10.5. The first-order valence-electron chi connectivity index (χ1n) is 10.7. The summed E-state index contributed by atoms with van der Waals surface area (Å²) in [6, 6.07) is 4.69. The highest BCUT2D eigenvalue weighted by atomic mass is 32.2. The van der Waals surface area contributed by atoms with Crippen molar-refractivity contribution in [1.29, 1.82) is 0 Å². The van der Waals surface area contributed by atoms with Crippen LogP contribution in [0.1, 0.15) is 52.5 Å². The van der Waals surface area contributed by atoms with Gasteiger partial charge in [-0.2, -0.15) is 0 Å². The molecule has 1 amide bonds. The van der Waals surface area contributed by atoms with Crippen LogP contribution in [-0.2, 0) is 38.8 Å². The van der Waals surface area contributed by atoms with E-state index in [0.717, 1.165) is 41.7 Å². The van der Waals surface area contributed by atoms with Crippen molar-refractivity contribution in [1.82, 2.24) is 0 Å². The number of methoxy groups -OCH3 is 1. The number of fused-ring (bicyclic) bond motifs is 2. The highest BCUT2D eigenvalue weighted by molar-refractivity contribution is 7.93. The maximum absolute atomic E-state index is 13.2. The minimum Gasteiger partial charge on any atom is -0.462 e. The van der Waals surface area contributed by atoms with Gasteiger partial charge >= 0.3 is 12.1 Å². The molecule has 0 bridgehead atoms. The Bertz CT molecular complexity index is 1160. The molecule has 0 atom stereocenters. The van der Waals surface area contributed by atoms with Crippen LogP contribution >= 0.6 is 11.3 Å². The average Bonchev–Trinajstić information content (AvgIpc) is 3.15. The molecular formula is C22H26N2O6S2. The monoisotopic (exact) mass is 478 g/mol. The summed E-state index contributed by atoms with van der Waals surface area (Å²) >= 11 is 1.31. The van der Waals surface area contributed by atoms with Gasteiger partial charge in [0.2, 0.25) is 0 Å². The van der Waals surface area contributed by atoms with Gasteiger partial charge in [-0.05, 0) is 74.8 Å². The van der Waals surface area contributed by atoms with E-state index < -0.39 is 22.1 Å². The smallest absolute Gasteiger partial charge is 0.414 e. The number of hydrogen-bond donors (Lipinski definition) is 1. The number of aryl methyl sites for hydroxylation is 2. The van der Waals surface area contributed by atoms with E-state index >= 15 is 0 Å². The molecule has 1 N–H and O–H groups in total. The third kappa shape index (κ3) is 4.21. The van der Waals surface area contributed by atoms with Crippen LogP contribution in [0.15, 0.2) is 23.1 Å². The van der Waals surface area contributed by atoms with Crippen LogP contribution in [0.5, 0.6) is 0 Å². The lowest BCUT2D eigenvalue weighted by Gasteiger charge is -2.28. The van der Waals surface area contributed by atoms with Crippen molar-refractivity contribution in [2.24, 2.45) is 0 Å². The van der Waals surface area contributed by atoms with E-state index in [1.54, 1.807) is 19.1 Å². The SMILES string of the molecule is CCOC(=O)c1c(NS(=O)(=O)c2ccc3c(c2)CCCN3C(=O)OC)sc2c1CCCC2. The lowest BCUT2D eigenvalue weighted by Crippen LogP contribution is -2.35. The summed E-state index contributed by atoms with van der Waals surface area (Å²) in [5.74, 6) is -0.497. The van der Waals surface area contributed by atoms with E-state index in [9.17, 15) is 18.0 Å². The summed E-state index contributed by atoms with van der Waals surface area (Å²) in [7, 11) is -2.62. The Labute approximate surface area is 191 Å². The van der Waals surface area contributed by atoms with Gasteiger partial charge in [0, 0.05) is 11.4 Å². The summed E-state index contributed by atoms with van der Waals surface area (Å²) in [6.45, 7) is 2.47. The molecule has 0 saturated carbocycles. The third-order valence-electron chi connectivity index (χ3n) is 5.75. The van der Waals surface area contributed by atoms with Gasteiger partial charge in [-0.1, -0.05) is 0 Å². The summed E-state index contributed by atoms with van der Waals surface area (Å²) in [5.41, 5.74) is 2.66. The van der Waals surface area contributed by atoms with Gasteiger partial charge in [0.15, 0.2) is 0 Å². The topological polar surface area (TPSA) is 102 Å². The highest BCUT2D eigenvalue weighted by Crippen LogP contribution is 2.40. The summed E-state index contributed by atoms with van der Waals surface area (Å²) in [4.78, 5) is 27.3. The fourth-order valence-corrected chi connectivity index (χ4v) is 6.91. The predicted octanol–water partition coefficient (Wildman–Crippen LogP) is 4.12. The molecular weight excluding hydrogens is 452 g/mol. The van der Waals surface area contributed by atoms with Crippen molar-refractivity contribution in [2.45, 2.75) is 50.3 Å². The van der Waals surface area contributed by atoms with E-state index in [4.69, 9.17) is 9.47 Å². The molecule has 0 fully saturated rings. The summed E-state index contributed by atoms with van der Waals surface area (Å²) in [5, 5.41) is 0.309. The number of rotatable bonds is 5. The van der Waals surface area contributed by atoms with Crippen LogP contribution in [0.2, 0.25) is 0 Å². The molecule has 10 heteroatoms. The van der Waals surface area contributed by atoms with Crippen molar-refractivity contribution in [2.75, 3.05) is 29.9 Å². The number of ether oxygens (including phenoxy) is 2. The van der Waals surface area contributed by atoms with Crippen molar-refractivity contribution in [3.63, 3.8) is 0 Å². The average molecular weight is 479 g/mol. The van der Waals surface area contributed by atoms with Gasteiger partial charge in [0.1, 0.15) is 5.00 Å². The maximum Gasteiger partial charge on any atom is 0.414 e. The standard InChI is InChI=1S/C22H26N2O6S2/c1-3-30-21(25)19-16-8-4-5-9-18(16)31-20(19)23-32(27,28)15-10-11-17-14(13-15)7-6-12-24(17)22(26)29-2/h10-11,13,23H,3-9,12H2,1-2H3. The molecule has 2 aliphatic rings. The molecule has 0 saturated heterocycles. The zero-order chi connectivity index (χ0) is 22.9. The fraction of sp³-hybridized carbons (Fsp3) is 0.455. The highest BCUT2D eigenvalue weighted by Gasteiger charge is 2.30. The first-order chi connectivity index (χ1) is 15.4. The number of nitrogens with zero attached hydrogens (tertiary/aromatic N) is 1. The normalized spacial score (nSPS) is 15.5. The maximum atomic E-state index is 13.2. The van der Waals surface area contributed by atoms with Gasteiger partial charge < -0.3 is 9.47 Å². The number of carbonyl (C=O) groups is 2. The Morgan fingerprint density at radius 3 is 2.69 bits per heavy atom. The Morgan fingerprint density at radius 1 is 1.16 bits per heavy atom.